The van der Waals surface area contributed by atoms with Crippen molar-refractivity contribution in [3.63, 3.8) is 0 Å². The number of amides is 2. The third kappa shape index (κ3) is 4.05. The number of rotatable bonds is 3. The standard InChI is InChI=1S/C22H18F2N2O2S/c23-15-6-9-17(18(24)13-15)21(27)25-16-7-4-14(5-8-16)22(28)26-11-2-1-3-20-19(26)10-12-29-20/h4-10,12-13H,1-3,11H2,(H,25,27). The van der Waals surface area contributed by atoms with Crippen LogP contribution in [0.4, 0.5) is 20.2 Å². The molecule has 148 valence electrons. The van der Waals surface area contributed by atoms with Crippen molar-refractivity contribution in [3.8, 4) is 0 Å². The highest BCUT2D eigenvalue weighted by Crippen LogP contribution is 2.32. The summed E-state index contributed by atoms with van der Waals surface area (Å²) in [5, 5.41) is 4.56. The minimum atomic E-state index is -0.929. The number of carbonyl (C=O) groups is 2. The summed E-state index contributed by atoms with van der Waals surface area (Å²) in [6.45, 7) is 0.672. The van der Waals surface area contributed by atoms with Crippen LogP contribution in [0.3, 0.4) is 0 Å². The number of nitrogens with one attached hydrogen (secondary N) is 1. The first-order chi connectivity index (χ1) is 14.0. The number of halogens is 2. The van der Waals surface area contributed by atoms with E-state index in [0.717, 1.165) is 37.1 Å². The van der Waals surface area contributed by atoms with Gasteiger partial charge in [-0.25, -0.2) is 8.78 Å². The van der Waals surface area contributed by atoms with Gasteiger partial charge in [-0.05, 0) is 67.1 Å². The lowest BCUT2D eigenvalue weighted by atomic mass is 10.1. The quantitative estimate of drug-likeness (QED) is 0.638. The molecule has 4 nitrogen and oxygen atoms in total. The molecule has 4 rings (SSSR count). The van der Waals surface area contributed by atoms with Crippen molar-refractivity contribution in [1.82, 2.24) is 0 Å². The number of hydrogen-bond donors (Lipinski definition) is 1. The van der Waals surface area contributed by atoms with Crippen LogP contribution in [0.5, 0.6) is 0 Å². The maximum Gasteiger partial charge on any atom is 0.258 e. The molecule has 2 aromatic carbocycles. The first-order valence-corrected chi connectivity index (χ1v) is 10.2. The van der Waals surface area contributed by atoms with Crippen LogP contribution in [-0.4, -0.2) is 18.4 Å². The second-order valence-corrected chi connectivity index (χ2v) is 7.80. The second-order valence-electron chi connectivity index (χ2n) is 6.80. The van der Waals surface area contributed by atoms with Crippen LogP contribution in [0.1, 0.15) is 38.4 Å². The summed E-state index contributed by atoms with van der Waals surface area (Å²) in [6.07, 6.45) is 2.99. The molecule has 7 heteroatoms. The van der Waals surface area contributed by atoms with E-state index in [9.17, 15) is 18.4 Å². The third-order valence-electron chi connectivity index (χ3n) is 4.86. The predicted octanol–water partition coefficient (Wildman–Crippen LogP) is 5.26. The molecular formula is C22H18F2N2O2S. The van der Waals surface area contributed by atoms with E-state index in [1.165, 1.54) is 4.88 Å². The van der Waals surface area contributed by atoms with Crippen molar-refractivity contribution in [2.24, 2.45) is 0 Å². The number of fused-ring (bicyclic) bond motifs is 1. The molecule has 0 saturated carbocycles. The molecule has 0 atom stereocenters. The predicted molar refractivity (Wildman–Crippen MR) is 110 cm³/mol. The number of aryl methyl sites for hydroxylation is 1. The van der Waals surface area contributed by atoms with Crippen LogP contribution >= 0.6 is 11.3 Å². The molecule has 0 radical (unpaired) electrons. The van der Waals surface area contributed by atoms with Gasteiger partial charge in [-0.3, -0.25) is 9.59 Å². The summed E-state index contributed by atoms with van der Waals surface area (Å²) in [7, 11) is 0. The second kappa shape index (κ2) is 8.13. The smallest absolute Gasteiger partial charge is 0.258 e. The van der Waals surface area contributed by atoms with E-state index in [4.69, 9.17) is 0 Å². The zero-order valence-corrected chi connectivity index (χ0v) is 16.3. The fourth-order valence-electron chi connectivity index (χ4n) is 3.37. The Morgan fingerprint density at radius 3 is 2.55 bits per heavy atom. The van der Waals surface area contributed by atoms with Crippen molar-refractivity contribution in [2.75, 3.05) is 16.8 Å². The van der Waals surface area contributed by atoms with Gasteiger partial charge in [0.05, 0.1) is 11.3 Å². The molecule has 1 N–H and O–H groups in total. The van der Waals surface area contributed by atoms with Crippen molar-refractivity contribution in [3.05, 3.63) is 81.5 Å². The summed E-state index contributed by atoms with van der Waals surface area (Å²) in [6, 6.07) is 11.2. The van der Waals surface area contributed by atoms with Gasteiger partial charge in [0.1, 0.15) is 11.6 Å². The zero-order chi connectivity index (χ0) is 20.4. The van der Waals surface area contributed by atoms with Crippen LogP contribution in [0.25, 0.3) is 0 Å². The van der Waals surface area contributed by atoms with Gasteiger partial charge in [-0.15, -0.1) is 11.3 Å². The molecule has 1 aliphatic heterocycles. The Labute approximate surface area is 170 Å². The summed E-state index contributed by atoms with van der Waals surface area (Å²) in [5.41, 5.74) is 1.65. The molecule has 1 aliphatic rings. The van der Waals surface area contributed by atoms with Crippen LogP contribution < -0.4 is 10.2 Å². The summed E-state index contributed by atoms with van der Waals surface area (Å²) in [4.78, 5) is 28.2. The number of anilines is 2. The fourth-order valence-corrected chi connectivity index (χ4v) is 4.29. The average molecular weight is 412 g/mol. The normalized spacial score (nSPS) is 13.5. The van der Waals surface area contributed by atoms with Crippen molar-refractivity contribution in [2.45, 2.75) is 19.3 Å². The Morgan fingerprint density at radius 1 is 1.00 bits per heavy atom. The van der Waals surface area contributed by atoms with Crippen molar-refractivity contribution < 1.29 is 18.4 Å². The summed E-state index contributed by atoms with van der Waals surface area (Å²) in [5.74, 6) is -2.45. The highest BCUT2D eigenvalue weighted by atomic mass is 32.1. The topological polar surface area (TPSA) is 49.4 Å². The van der Waals surface area contributed by atoms with Crippen molar-refractivity contribution >= 4 is 34.5 Å². The minimum absolute atomic E-state index is 0.0889. The van der Waals surface area contributed by atoms with Gasteiger partial charge in [-0.1, -0.05) is 0 Å². The van der Waals surface area contributed by atoms with Crippen LogP contribution in [0.15, 0.2) is 53.9 Å². The van der Waals surface area contributed by atoms with E-state index in [-0.39, 0.29) is 11.5 Å². The lowest BCUT2D eigenvalue weighted by molar-refractivity contribution is 0.0985. The van der Waals surface area contributed by atoms with E-state index in [2.05, 4.69) is 5.32 Å². The molecule has 0 bridgehead atoms. The van der Waals surface area contributed by atoms with Crippen LogP contribution in [0, 0.1) is 11.6 Å². The first kappa shape index (κ1) is 19.3. The number of benzene rings is 2. The highest BCUT2D eigenvalue weighted by molar-refractivity contribution is 7.10. The molecule has 0 unspecified atom stereocenters. The molecule has 3 aromatic rings. The monoisotopic (exact) mass is 412 g/mol. The van der Waals surface area contributed by atoms with Crippen LogP contribution in [-0.2, 0) is 6.42 Å². The van der Waals surface area contributed by atoms with E-state index in [1.54, 1.807) is 40.5 Å². The minimum Gasteiger partial charge on any atom is -0.322 e. The Kier molecular flexibility index (Phi) is 5.40. The largest absolute Gasteiger partial charge is 0.322 e. The average Bonchev–Trinajstić information content (AvgIpc) is 3.07. The maximum absolute atomic E-state index is 13.8. The lowest BCUT2D eigenvalue weighted by Crippen LogP contribution is -2.31. The molecule has 2 amide bonds. The number of nitrogens with zero attached hydrogens (tertiary/aromatic N) is 1. The van der Waals surface area contributed by atoms with E-state index >= 15 is 0 Å². The zero-order valence-electron chi connectivity index (χ0n) is 15.5. The molecule has 2 heterocycles. The van der Waals surface area contributed by atoms with Gasteiger partial charge in [-0.2, -0.15) is 0 Å². The van der Waals surface area contributed by atoms with Gasteiger partial charge in [0.2, 0.25) is 0 Å². The van der Waals surface area contributed by atoms with Gasteiger partial charge in [0, 0.05) is 28.7 Å². The number of hydrogen-bond acceptors (Lipinski definition) is 3. The van der Waals surface area contributed by atoms with Gasteiger partial charge in [0.15, 0.2) is 0 Å². The molecule has 0 saturated heterocycles. The highest BCUT2D eigenvalue weighted by Gasteiger charge is 2.23. The molecule has 29 heavy (non-hydrogen) atoms. The fraction of sp³-hybridized carbons (Fsp3) is 0.182. The first-order valence-electron chi connectivity index (χ1n) is 9.27. The molecule has 0 spiro atoms. The third-order valence-corrected chi connectivity index (χ3v) is 5.83. The van der Waals surface area contributed by atoms with Gasteiger partial charge in [0.25, 0.3) is 11.8 Å². The molecule has 0 fully saturated rings. The summed E-state index contributed by atoms with van der Waals surface area (Å²) >= 11 is 1.67. The van der Waals surface area contributed by atoms with Crippen LogP contribution in [0.2, 0.25) is 0 Å². The SMILES string of the molecule is O=C(Nc1ccc(C(=O)N2CCCCc3sccc32)cc1)c1ccc(F)cc1F. The molecule has 1 aromatic heterocycles. The molecule has 0 aliphatic carbocycles. The number of carbonyl (C=O) groups excluding carboxylic acids is 2. The summed E-state index contributed by atoms with van der Waals surface area (Å²) < 4.78 is 26.8. The Morgan fingerprint density at radius 2 is 1.79 bits per heavy atom. The van der Waals surface area contributed by atoms with Crippen molar-refractivity contribution in [1.29, 1.82) is 0 Å². The maximum atomic E-state index is 13.8. The van der Waals surface area contributed by atoms with E-state index in [0.29, 0.717) is 23.9 Å². The number of thiophene rings is 1. The lowest BCUT2D eigenvalue weighted by Gasteiger charge is -2.21. The van der Waals surface area contributed by atoms with Gasteiger partial charge >= 0.3 is 0 Å². The van der Waals surface area contributed by atoms with E-state index in [1.807, 2.05) is 11.4 Å². The Bertz CT molecular complexity index is 1060. The van der Waals surface area contributed by atoms with Gasteiger partial charge < -0.3 is 10.2 Å². The molecular weight excluding hydrogens is 394 g/mol. The Balaban J connectivity index is 1.49. The Hall–Kier alpha value is -3.06. The van der Waals surface area contributed by atoms with E-state index < -0.39 is 17.5 Å².